The average Bonchev–Trinajstić information content (AvgIpc) is 2.29. The minimum atomic E-state index is -0.234. The van der Waals surface area contributed by atoms with Gasteiger partial charge in [0.15, 0.2) is 0 Å². The maximum Gasteiger partial charge on any atom is 0.123 e. The Morgan fingerprint density at radius 2 is 1.88 bits per heavy atom. The summed E-state index contributed by atoms with van der Waals surface area (Å²) >= 11 is 0. The second-order valence-corrected chi connectivity index (χ2v) is 4.35. The molecule has 0 amide bonds. The Morgan fingerprint density at radius 1 is 1.12 bits per heavy atom. The van der Waals surface area contributed by atoms with Gasteiger partial charge < -0.3 is 5.73 Å². The van der Waals surface area contributed by atoms with Gasteiger partial charge in [-0.3, -0.25) is 0 Å². The van der Waals surface area contributed by atoms with E-state index in [0.717, 1.165) is 12.0 Å². The standard InChI is InChI=1S/C15H16FN/c1-11-4-2-5-12(8-11)9-15(17)13-6-3-7-14(16)10-13/h2-8,10,15H,9,17H2,1H3. The highest BCUT2D eigenvalue weighted by Gasteiger charge is 2.07. The molecule has 17 heavy (non-hydrogen) atoms. The lowest BCUT2D eigenvalue weighted by atomic mass is 9.99. The van der Waals surface area contributed by atoms with E-state index >= 15 is 0 Å². The molecule has 0 spiro atoms. The number of halogens is 1. The van der Waals surface area contributed by atoms with Gasteiger partial charge in [0.1, 0.15) is 5.82 Å². The zero-order valence-electron chi connectivity index (χ0n) is 9.86. The van der Waals surface area contributed by atoms with E-state index in [9.17, 15) is 4.39 Å². The molecule has 0 aliphatic rings. The summed E-state index contributed by atoms with van der Waals surface area (Å²) in [5.41, 5.74) is 9.32. The molecule has 2 N–H and O–H groups in total. The van der Waals surface area contributed by atoms with Crippen molar-refractivity contribution in [3.63, 3.8) is 0 Å². The lowest BCUT2D eigenvalue weighted by Crippen LogP contribution is -2.13. The summed E-state index contributed by atoms with van der Waals surface area (Å²) in [6.07, 6.45) is 0.727. The number of hydrogen-bond donors (Lipinski definition) is 1. The molecule has 2 heteroatoms. The highest BCUT2D eigenvalue weighted by Crippen LogP contribution is 2.17. The van der Waals surface area contributed by atoms with E-state index in [4.69, 9.17) is 5.73 Å². The number of nitrogens with two attached hydrogens (primary N) is 1. The van der Waals surface area contributed by atoms with Gasteiger partial charge in [-0.15, -0.1) is 0 Å². The monoisotopic (exact) mass is 229 g/mol. The topological polar surface area (TPSA) is 26.0 Å². The predicted molar refractivity (Wildman–Crippen MR) is 68.2 cm³/mol. The van der Waals surface area contributed by atoms with E-state index in [1.165, 1.54) is 23.3 Å². The van der Waals surface area contributed by atoms with Crippen molar-refractivity contribution in [2.75, 3.05) is 0 Å². The Kier molecular flexibility index (Phi) is 3.55. The van der Waals surface area contributed by atoms with Gasteiger partial charge in [0, 0.05) is 6.04 Å². The van der Waals surface area contributed by atoms with Crippen LogP contribution in [-0.2, 0) is 6.42 Å². The molecule has 0 radical (unpaired) electrons. The van der Waals surface area contributed by atoms with E-state index in [1.54, 1.807) is 6.07 Å². The third kappa shape index (κ3) is 3.14. The van der Waals surface area contributed by atoms with Crippen LogP contribution in [0.2, 0.25) is 0 Å². The number of benzene rings is 2. The second kappa shape index (κ2) is 5.11. The van der Waals surface area contributed by atoms with Crippen molar-refractivity contribution in [3.05, 3.63) is 71.0 Å². The SMILES string of the molecule is Cc1cccc(CC(N)c2cccc(F)c2)c1. The molecule has 88 valence electrons. The minimum Gasteiger partial charge on any atom is -0.324 e. The first kappa shape index (κ1) is 11.8. The normalized spacial score (nSPS) is 12.4. The number of rotatable bonds is 3. The molecule has 0 aromatic heterocycles. The van der Waals surface area contributed by atoms with Crippen molar-refractivity contribution in [3.8, 4) is 0 Å². The molecule has 2 aromatic carbocycles. The highest BCUT2D eigenvalue weighted by atomic mass is 19.1. The molecule has 2 aromatic rings. The van der Waals surface area contributed by atoms with Crippen LogP contribution in [0, 0.1) is 12.7 Å². The average molecular weight is 229 g/mol. The third-order valence-corrected chi connectivity index (χ3v) is 2.81. The van der Waals surface area contributed by atoms with E-state index in [0.29, 0.717) is 0 Å². The largest absolute Gasteiger partial charge is 0.324 e. The van der Waals surface area contributed by atoms with Crippen LogP contribution >= 0.6 is 0 Å². The summed E-state index contributed by atoms with van der Waals surface area (Å²) in [5.74, 6) is -0.234. The van der Waals surface area contributed by atoms with Gasteiger partial charge in [0.25, 0.3) is 0 Å². The Labute approximate surface area is 101 Å². The summed E-state index contributed by atoms with van der Waals surface area (Å²) in [4.78, 5) is 0. The van der Waals surface area contributed by atoms with Gasteiger partial charge in [-0.05, 0) is 36.6 Å². The maximum absolute atomic E-state index is 13.1. The molecule has 0 fully saturated rings. The van der Waals surface area contributed by atoms with Crippen LogP contribution in [0.5, 0.6) is 0 Å². The van der Waals surface area contributed by atoms with Crippen molar-refractivity contribution in [1.29, 1.82) is 0 Å². The first-order chi connectivity index (χ1) is 8.15. The Hall–Kier alpha value is -1.67. The first-order valence-electron chi connectivity index (χ1n) is 5.72. The molecule has 0 saturated heterocycles. The van der Waals surface area contributed by atoms with Crippen LogP contribution in [0.25, 0.3) is 0 Å². The molecule has 2 rings (SSSR count). The molecule has 0 bridgehead atoms. The lowest BCUT2D eigenvalue weighted by Gasteiger charge is -2.12. The number of hydrogen-bond acceptors (Lipinski definition) is 1. The fourth-order valence-electron chi connectivity index (χ4n) is 1.95. The van der Waals surface area contributed by atoms with Crippen molar-refractivity contribution in [1.82, 2.24) is 0 Å². The van der Waals surface area contributed by atoms with Crippen LogP contribution in [0.1, 0.15) is 22.7 Å². The van der Waals surface area contributed by atoms with Gasteiger partial charge in [-0.25, -0.2) is 4.39 Å². The van der Waals surface area contributed by atoms with Crippen LogP contribution in [0.15, 0.2) is 48.5 Å². The lowest BCUT2D eigenvalue weighted by molar-refractivity contribution is 0.618. The van der Waals surface area contributed by atoms with Gasteiger partial charge in [-0.2, -0.15) is 0 Å². The number of aryl methyl sites for hydroxylation is 1. The van der Waals surface area contributed by atoms with Crippen LogP contribution in [0.4, 0.5) is 4.39 Å². The van der Waals surface area contributed by atoms with Crippen molar-refractivity contribution in [2.45, 2.75) is 19.4 Å². The molecule has 1 atom stereocenters. The van der Waals surface area contributed by atoms with Gasteiger partial charge in [0.05, 0.1) is 0 Å². The maximum atomic E-state index is 13.1. The third-order valence-electron chi connectivity index (χ3n) is 2.81. The zero-order chi connectivity index (χ0) is 12.3. The molecule has 0 aliphatic carbocycles. The zero-order valence-corrected chi connectivity index (χ0v) is 9.86. The molecule has 0 heterocycles. The van der Waals surface area contributed by atoms with E-state index in [-0.39, 0.29) is 11.9 Å². The molecule has 1 unspecified atom stereocenters. The molecule has 0 saturated carbocycles. The predicted octanol–water partition coefficient (Wildman–Crippen LogP) is 3.38. The van der Waals surface area contributed by atoms with E-state index in [2.05, 4.69) is 19.1 Å². The smallest absolute Gasteiger partial charge is 0.123 e. The summed E-state index contributed by atoms with van der Waals surface area (Å²) < 4.78 is 13.1. The quantitative estimate of drug-likeness (QED) is 0.858. The molecular weight excluding hydrogens is 213 g/mol. The van der Waals surface area contributed by atoms with Crippen LogP contribution in [-0.4, -0.2) is 0 Å². The fraction of sp³-hybridized carbons (Fsp3) is 0.200. The summed E-state index contributed by atoms with van der Waals surface area (Å²) in [5, 5.41) is 0. The van der Waals surface area contributed by atoms with Gasteiger partial charge in [-0.1, -0.05) is 42.0 Å². The van der Waals surface area contributed by atoms with Gasteiger partial charge >= 0.3 is 0 Å². The molecule has 1 nitrogen and oxygen atoms in total. The van der Waals surface area contributed by atoms with Crippen LogP contribution in [0.3, 0.4) is 0 Å². The second-order valence-electron chi connectivity index (χ2n) is 4.35. The Balaban J connectivity index is 2.14. The van der Waals surface area contributed by atoms with E-state index < -0.39 is 0 Å². The summed E-state index contributed by atoms with van der Waals surface area (Å²) in [6, 6.07) is 14.6. The van der Waals surface area contributed by atoms with Crippen molar-refractivity contribution >= 4 is 0 Å². The Bertz CT molecular complexity index is 508. The van der Waals surface area contributed by atoms with Crippen LogP contribution < -0.4 is 5.73 Å². The van der Waals surface area contributed by atoms with E-state index in [1.807, 2.05) is 18.2 Å². The van der Waals surface area contributed by atoms with Crippen molar-refractivity contribution < 1.29 is 4.39 Å². The molecule has 0 aliphatic heterocycles. The highest BCUT2D eigenvalue weighted by molar-refractivity contribution is 5.26. The molecular formula is C15H16FN. The first-order valence-corrected chi connectivity index (χ1v) is 5.72. The summed E-state index contributed by atoms with van der Waals surface area (Å²) in [7, 11) is 0. The fourth-order valence-corrected chi connectivity index (χ4v) is 1.95. The van der Waals surface area contributed by atoms with Gasteiger partial charge in [0.2, 0.25) is 0 Å². The van der Waals surface area contributed by atoms with Crippen molar-refractivity contribution in [2.24, 2.45) is 5.73 Å². The summed E-state index contributed by atoms with van der Waals surface area (Å²) in [6.45, 7) is 2.05. The Morgan fingerprint density at radius 3 is 2.59 bits per heavy atom. The minimum absolute atomic E-state index is 0.160.